The van der Waals surface area contributed by atoms with Gasteiger partial charge in [-0.3, -0.25) is 9.11 Å². The third-order valence-corrected chi connectivity index (χ3v) is 4.71. The topological polar surface area (TPSA) is 133 Å². The molecule has 0 saturated carbocycles. The lowest BCUT2D eigenvalue weighted by molar-refractivity contribution is 0.481. The summed E-state index contributed by atoms with van der Waals surface area (Å²) in [6, 6.07) is 11.7. The van der Waals surface area contributed by atoms with E-state index in [2.05, 4.69) is 10.6 Å². The molecule has 0 radical (unpaired) electrons. The minimum absolute atomic E-state index is 0.0887. The Bertz CT molecular complexity index is 877. The zero-order chi connectivity index (χ0) is 19.1. The highest BCUT2D eigenvalue weighted by molar-refractivity contribution is 7.86. The van der Waals surface area contributed by atoms with Gasteiger partial charge in [0, 0.05) is 25.0 Å². The summed E-state index contributed by atoms with van der Waals surface area (Å²) >= 11 is 0. The molecule has 0 aliphatic carbocycles. The van der Waals surface area contributed by atoms with Gasteiger partial charge in [-0.05, 0) is 55.5 Å². The summed E-state index contributed by atoms with van der Waals surface area (Å²) in [4.78, 5) is -0.185. The first-order valence-electron chi connectivity index (χ1n) is 7.14. The Balaban J connectivity index is 0.000000251. The molecular weight excluding hydrogens is 368 g/mol. The molecular formula is C15H20N2O6S2. The normalized spacial score (nSPS) is 11.2. The van der Waals surface area contributed by atoms with Gasteiger partial charge in [0.2, 0.25) is 0 Å². The Labute approximate surface area is 147 Å². The van der Waals surface area contributed by atoms with Gasteiger partial charge in [0.05, 0.1) is 9.79 Å². The molecule has 2 rings (SSSR count). The molecule has 25 heavy (non-hydrogen) atoms. The molecule has 0 bridgehead atoms. The number of rotatable bonds is 5. The molecule has 8 nitrogen and oxygen atoms in total. The molecule has 0 aliphatic rings. The Morgan fingerprint density at radius 1 is 0.760 bits per heavy atom. The molecule has 2 aromatic carbocycles. The van der Waals surface area contributed by atoms with Crippen molar-refractivity contribution in [2.75, 3.05) is 24.2 Å². The lowest BCUT2D eigenvalue weighted by Gasteiger charge is -2.02. The number of benzene rings is 2. The van der Waals surface area contributed by atoms with Gasteiger partial charge in [-0.1, -0.05) is 0 Å². The fourth-order valence-corrected chi connectivity index (χ4v) is 2.70. The Kier molecular flexibility index (Phi) is 7.37. The van der Waals surface area contributed by atoms with Crippen molar-refractivity contribution in [3.05, 3.63) is 48.5 Å². The quantitative estimate of drug-likeness (QED) is 0.574. The summed E-state index contributed by atoms with van der Waals surface area (Å²) in [5.41, 5.74) is 1.62. The molecule has 4 N–H and O–H groups in total. The van der Waals surface area contributed by atoms with Crippen LogP contribution in [0.1, 0.15) is 6.92 Å². The molecule has 0 amide bonds. The molecule has 0 unspecified atom stereocenters. The molecule has 10 heteroatoms. The zero-order valence-corrected chi connectivity index (χ0v) is 15.3. The van der Waals surface area contributed by atoms with Crippen LogP contribution in [0, 0.1) is 0 Å². The molecule has 0 heterocycles. The monoisotopic (exact) mass is 388 g/mol. The van der Waals surface area contributed by atoms with E-state index in [1.165, 1.54) is 24.3 Å². The zero-order valence-electron chi connectivity index (χ0n) is 13.7. The maximum atomic E-state index is 10.6. The predicted octanol–water partition coefficient (Wildman–Crippen LogP) is 2.34. The highest BCUT2D eigenvalue weighted by atomic mass is 32.2. The first kappa shape index (κ1) is 20.9. The SMILES string of the molecule is CCNc1ccc(S(=O)(=O)O)cc1.CNc1ccc(S(=O)(=O)O)cc1. The van der Waals surface area contributed by atoms with Crippen LogP contribution in [0.5, 0.6) is 0 Å². The van der Waals surface area contributed by atoms with Crippen LogP contribution >= 0.6 is 0 Å². The lowest BCUT2D eigenvalue weighted by atomic mass is 10.3. The first-order valence-corrected chi connectivity index (χ1v) is 10.0. The van der Waals surface area contributed by atoms with Crippen LogP contribution in [-0.4, -0.2) is 39.5 Å². The summed E-state index contributed by atoms with van der Waals surface area (Å²) in [6.45, 7) is 2.71. The van der Waals surface area contributed by atoms with Crippen molar-refractivity contribution in [1.29, 1.82) is 0 Å². The van der Waals surface area contributed by atoms with Crippen LogP contribution in [-0.2, 0) is 20.2 Å². The highest BCUT2D eigenvalue weighted by Gasteiger charge is 2.08. The van der Waals surface area contributed by atoms with Crippen LogP contribution in [0.15, 0.2) is 58.3 Å². The number of hydrogen-bond donors (Lipinski definition) is 4. The Morgan fingerprint density at radius 3 is 1.40 bits per heavy atom. The van der Waals surface area contributed by atoms with Gasteiger partial charge in [0.25, 0.3) is 20.2 Å². The van der Waals surface area contributed by atoms with Gasteiger partial charge < -0.3 is 10.6 Å². The standard InChI is InChI=1S/C8H11NO3S.C7H9NO3S/c1-2-9-7-3-5-8(6-4-7)13(10,11)12;1-8-6-2-4-7(5-3-6)12(9,10)11/h3-6,9H,2H2,1H3,(H,10,11,12);2-5,8H,1H3,(H,9,10,11). The van der Waals surface area contributed by atoms with Gasteiger partial charge in [-0.25, -0.2) is 0 Å². The van der Waals surface area contributed by atoms with Crippen LogP contribution in [0.3, 0.4) is 0 Å². The van der Waals surface area contributed by atoms with Crippen molar-refractivity contribution in [1.82, 2.24) is 0 Å². The van der Waals surface area contributed by atoms with Crippen LogP contribution < -0.4 is 10.6 Å². The molecule has 0 saturated heterocycles. The highest BCUT2D eigenvalue weighted by Crippen LogP contribution is 2.13. The van der Waals surface area contributed by atoms with E-state index in [0.29, 0.717) is 0 Å². The summed E-state index contributed by atoms with van der Waals surface area (Å²) < 4.78 is 59.7. The van der Waals surface area contributed by atoms with E-state index in [4.69, 9.17) is 9.11 Å². The summed E-state index contributed by atoms with van der Waals surface area (Å²) in [5, 5.41) is 5.84. The van der Waals surface area contributed by atoms with Crippen molar-refractivity contribution in [3.63, 3.8) is 0 Å². The molecule has 2 aromatic rings. The summed E-state index contributed by atoms with van der Waals surface area (Å²) in [7, 11) is -6.39. The average Bonchev–Trinajstić information content (AvgIpc) is 2.55. The molecule has 138 valence electrons. The smallest absolute Gasteiger partial charge is 0.294 e. The van der Waals surface area contributed by atoms with E-state index < -0.39 is 20.2 Å². The number of hydrogen-bond acceptors (Lipinski definition) is 6. The molecule has 0 spiro atoms. The summed E-state index contributed by atoms with van der Waals surface area (Å²) in [5.74, 6) is 0. The van der Waals surface area contributed by atoms with Crippen molar-refractivity contribution >= 4 is 31.6 Å². The van der Waals surface area contributed by atoms with Crippen LogP contribution in [0.25, 0.3) is 0 Å². The fraction of sp³-hybridized carbons (Fsp3) is 0.200. The molecule has 0 fully saturated rings. The maximum Gasteiger partial charge on any atom is 0.294 e. The minimum Gasteiger partial charge on any atom is -0.388 e. The van der Waals surface area contributed by atoms with Gasteiger partial charge in [-0.2, -0.15) is 16.8 Å². The van der Waals surface area contributed by atoms with Crippen molar-refractivity contribution in [2.24, 2.45) is 0 Å². The molecule has 0 aromatic heterocycles. The summed E-state index contributed by atoms with van der Waals surface area (Å²) in [6.07, 6.45) is 0. The second-order valence-electron chi connectivity index (χ2n) is 4.78. The van der Waals surface area contributed by atoms with E-state index in [9.17, 15) is 16.8 Å². The van der Waals surface area contributed by atoms with Gasteiger partial charge in [-0.15, -0.1) is 0 Å². The van der Waals surface area contributed by atoms with Crippen molar-refractivity contribution in [2.45, 2.75) is 16.7 Å². The maximum absolute atomic E-state index is 10.6. The van der Waals surface area contributed by atoms with Crippen molar-refractivity contribution < 1.29 is 25.9 Å². The van der Waals surface area contributed by atoms with E-state index in [1.54, 1.807) is 31.3 Å². The lowest BCUT2D eigenvalue weighted by Crippen LogP contribution is -1.99. The number of anilines is 2. The van der Waals surface area contributed by atoms with Gasteiger partial charge >= 0.3 is 0 Å². The average molecular weight is 388 g/mol. The second kappa shape index (κ2) is 8.81. The fourth-order valence-electron chi connectivity index (χ4n) is 1.74. The Morgan fingerprint density at radius 2 is 1.12 bits per heavy atom. The molecule has 0 aliphatic heterocycles. The van der Waals surface area contributed by atoms with Crippen LogP contribution in [0.2, 0.25) is 0 Å². The minimum atomic E-state index is -4.06. The van der Waals surface area contributed by atoms with E-state index in [1.807, 2.05) is 6.92 Å². The van der Waals surface area contributed by atoms with Crippen LogP contribution in [0.4, 0.5) is 11.4 Å². The Hall–Kier alpha value is -2.14. The third kappa shape index (κ3) is 7.10. The largest absolute Gasteiger partial charge is 0.388 e. The van der Waals surface area contributed by atoms with E-state index in [-0.39, 0.29) is 9.79 Å². The van der Waals surface area contributed by atoms with Gasteiger partial charge in [0.15, 0.2) is 0 Å². The first-order chi connectivity index (χ1) is 11.6. The molecule has 0 atom stereocenters. The third-order valence-electron chi connectivity index (χ3n) is 2.97. The predicted molar refractivity (Wildman–Crippen MR) is 96.2 cm³/mol. The van der Waals surface area contributed by atoms with Crippen molar-refractivity contribution in [3.8, 4) is 0 Å². The van der Waals surface area contributed by atoms with E-state index >= 15 is 0 Å². The van der Waals surface area contributed by atoms with Gasteiger partial charge in [0.1, 0.15) is 0 Å². The number of nitrogens with one attached hydrogen (secondary N) is 2. The van der Waals surface area contributed by atoms with E-state index in [0.717, 1.165) is 17.9 Å². The second-order valence-corrected chi connectivity index (χ2v) is 7.62.